The van der Waals surface area contributed by atoms with Gasteiger partial charge in [-0.3, -0.25) is 14.2 Å². The predicted octanol–water partition coefficient (Wildman–Crippen LogP) is 0.836. The number of halogens is 1. The van der Waals surface area contributed by atoms with Crippen LogP contribution in [0.5, 0.6) is 0 Å². The molecule has 0 radical (unpaired) electrons. The van der Waals surface area contributed by atoms with Crippen LogP contribution in [0.25, 0.3) is 10.9 Å². The summed E-state index contributed by atoms with van der Waals surface area (Å²) in [5.74, 6) is -0.785. The number of hydrogen-bond donors (Lipinski definition) is 0. The fraction of sp³-hybridized carbons (Fsp3) is 0.412. The van der Waals surface area contributed by atoms with E-state index >= 15 is 0 Å². The van der Waals surface area contributed by atoms with Crippen LogP contribution < -0.4 is 5.56 Å². The van der Waals surface area contributed by atoms with Crippen molar-refractivity contribution >= 4 is 22.9 Å². The number of methoxy groups -OCH3 is 1. The second-order valence-electron chi connectivity index (χ2n) is 6.03. The van der Waals surface area contributed by atoms with E-state index in [1.807, 2.05) is 0 Å². The molecule has 0 saturated carbocycles. The van der Waals surface area contributed by atoms with Gasteiger partial charge in [0.25, 0.3) is 5.56 Å². The Bertz CT molecular complexity index is 898. The molecule has 0 bridgehead atoms. The lowest BCUT2D eigenvalue weighted by atomic mass is 10.2. The smallest absolute Gasteiger partial charge is 0.409 e. The van der Waals surface area contributed by atoms with Crippen molar-refractivity contribution in [3.63, 3.8) is 0 Å². The summed E-state index contributed by atoms with van der Waals surface area (Å²) in [6, 6.07) is 3.77. The highest BCUT2D eigenvalue weighted by Gasteiger charge is 2.22. The van der Waals surface area contributed by atoms with Crippen molar-refractivity contribution in [1.82, 2.24) is 19.4 Å². The van der Waals surface area contributed by atoms with Crippen molar-refractivity contribution < 1.29 is 18.7 Å². The lowest BCUT2D eigenvalue weighted by molar-refractivity contribution is -0.131. The van der Waals surface area contributed by atoms with E-state index in [1.54, 1.807) is 9.80 Å². The van der Waals surface area contributed by atoms with Crippen molar-refractivity contribution in [2.75, 3.05) is 33.3 Å². The topological polar surface area (TPSA) is 84.7 Å². The molecule has 1 aliphatic rings. The Morgan fingerprint density at radius 3 is 2.69 bits per heavy atom. The molecule has 1 aromatic heterocycles. The molecule has 0 atom stereocenters. The Hall–Kier alpha value is -2.97. The highest BCUT2D eigenvalue weighted by atomic mass is 19.1. The molecule has 1 aromatic carbocycles. The van der Waals surface area contributed by atoms with Crippen LogP contribution in [0, 0.1) is 5.82 Å². The van der Waals surface area contributed by atoms with E-state index in [-0.39, 0.29) is 17.8 Å². The summed E-state index contributed by atoms with van der Waals surface area (Å²) in [6.45, 7) is 1.53. The second kappa shape index (κ2) is 7.51. The van der Waals surface area contributed by atoms with Crippen molar-refractivity contribution in [3.8, 4) is 0 Å². The first-order valence-corrected chi connectivity index (χ1v) is 8.25. The van der Waals surface area contributed by atoms with Crippen LogP contribution in [0.4, 0.5) is 9.18 Å². The molecular formula is C17H19FN4O4. The molecule has 1 saturated heterocycles. The third-order valence-electron chi connectivity index (χ3n) is 4.37. The minimum Gasteiger partial charge on any atom is -0.453 e. The minimum atomic E-state index is -0.532. The summed E-state index contributed by atoms with van der Waals surface area (Å²) in [5.41, 5.74) is -0.0857. The maximum atomic E-state index is 13.4. The van der Waals surface area contributed by atoms with Gasteiger partial charge >= 0.3 is 6.09 Å². The van der Waals surface area contributed by atoms with Gasteiger partial charge in [0, 0.05) is 26.2 Å². The van der Waals surface area contributed by atoms with Gasteiger partial charge in [0.05, 0.1) is 24.3 Å². The molecule has 0 spiro atoms. The van der Waals surface area contributed by atoms with E-state index in [9.17, 15) is 18.8 Å². The van der Waals surface area contributed by atoms with Crippen LogP contribution in [0.3, 0.4) is 0 Å². The molecule has 2 heterocycles. The van der Waals surface area contributed by atoms with Crippen LogP contribution in [0.2, 0.25) is 0 Å². The number of rotatable bonds is 2. The third kappa shape index (κ3) is 3.66. The molecule has 3 rings (SSSR count). The van der Waals surface area contributed by atoms with Gasteiger partial charge in [0.2, 0.25) is 5.91 Å². The van der Waals surface area contributed by atoms with Crippen LogP contribution in [0.15, 0.2) is 29.3 Å². The third-order valence-corrected chi connectivity index (χ3v) is 4.37. The first kappa shape index (κ1) is 17.8. The number of aromatic nitrogens is 2. The van der Waals surface area contributed by atoms with E-state index < -0.39 is 17.5 Å². The SMILES string of the molecule is COC(=O)N1CCCN(C(=O)Cn2cnc3ccc(F)cc3c2=O)CC1. The zero-order valence-electron chi connectivity index (χ0n) is 14.4. The molecule has 138 valence electrons. The van der Waals surface area contributed by atoms with E-state index in [0.29, 0.717) is 38.1 Å². The number of nitrogens with zero attached hydrogens (tertiary/aromatic N) is 4. The van der Waals surface area contributed by atoms with Gasteiger partial charge in [-0.1, -0.05) is 0 Å². The molecule has 9 heteroatoms. The van der Waals surface area contributed by atoms with E-state index in [2.05, 4.69) is 4.98 Å². The number of carbonyl (C=O) groups excluding carboxylic acids is 2. The highest BCUT2D eigenvalue weighted by Crippen LogP contribution is 2.09. The minimum absolute atomic E-state index is 0.132. The molecule has 0 unspecified atom stereocenters. The van der Waals surface area contributed by atoms with Crippen molar-refractivity contribution in [3.05, 3.63) is 40.7 Å². The maximum Gasteiger partial charge on any atom is 0.409 e. The molecule has 26 heavy (non-hydrogen) atoms. The van der Waals surface area contributed by atoms with Gasteiger partial charge in [0.1, 0.15) is 12.4 Å². The quantitative estimate of drug-likeness (QED) is 0.790. The predicted molar refractivity (Wildman–Crippen MR) is 91.1 cm³/mol. The van der Waals surface area contributed by atoms with Crippen LogP contribution in [-0.2, 0) is 16.1 Å². The summed E-state index contributed by atoms with van der Waals surface area (Å²) in [7, 11) is 1.32. The Morgan fingerprint density at radius 2 is 1.92 bits per heavy atom. The number of amides is 2. The number of hydrogen-bond acceptors (Lipinski definition) is 5. The van der Waals surface area contributed by atoms with Crippen LogP contribution in [-0.4, -0.2) is 64.6 Å². The molecule has 2 amide bonds. The lowest BCUT2D eigenvalue weighted by Gasteiger charge is -2.21. The van der Waals surface area contributed by atoms with Crippen molar-refractivity contribution in [1.29, 1.82) is 0 Å². The highest BCUT2D eigenvalue weighted by molar-refractivity contribution is 5.79. The van der Waals surface area contributed by atoms with E-state index in [0.717, 1.165) is 6.07 Å². The molecule has 0 aliphatic carbocycles. The zero-order valence-corrected chi connectivity index (χ0v) is 14.4. The van der Waals surface area contributed by atoms with E-state index in [4.69, 9.17) is 4.74 Å². The summed E-state index contributed by atoms with van der Waals surface area (Å²) in [5, 5.41) is 0.132. The summed E-state index contributed by atoms with van der Waals surface area (Å²) < 4.78 is 19.3. The van der Waals surface area contributed by atoms with Gasteiger partial charge in [-0.2, -0.15) is 0 Å². The zero-order chi connectivity index (χ0) is 18.7. The van der Waals surface area contributed by atoms with Gasteiger partial charge in [-0.25, -0.2) is 14.2 Å². The Kier molecular flexibility index (Phi) is 5.15. The van der Waals surface area contributed by atoms with Crippen molar-refractivity contribution in [2.24, 2.45) is 0 Å². The van der Waals surface area contributed by atoms with E-state index in [1.165, 1.54) is 30.1 Å². The summed E-state index contributed by atoms with van der Waals surface area (Å²) in [4.78, 5) is 43.9. The molecule has 1 fully saturated rings. The Balaban J connectivity index is 1.74. The average Bonchev–Trinajstić information content (AvgIpc) is 2.90. The van der Waals surface area contributed by atoms with Gasteiger partial charge in [-0.05, 0) is 24.6 Å². The second-order valence-corrected chi connectivity index (χ2v) is 6.03. The normalized spacial score (nSPS) is 15.0. The fourth-order valence-electron chi connectivity index (χ4n) is 2.97. The fourth-order valence-corrected chi connectivity index (χ4v) is 2.97. The van der Waals surface area contributed by atoms with Crippen LogP contribution in [0.1, 0.15) is 6.42 Å². The summed E-state index contributed by atoms with van der Waals surface area (Å²) >= 11 is 0. The van der Waals surface area contributed by atoms with Crippen molar-refractivity contribution in [2.45, 2.75) is 13.0 Å². The monoisotopic (exact) mass is 362 g/mol. The molecule has 1 aliphatic heterocycles. The number of carbonyl (C=O) groups is 2. The standard InChI is InChI=1S/C17H19FN4O4/c1-26-17(25)21-6-2-5-20(7-8-21)15(23)10-22-11-19-14-4-3-12(18)9-13(14)16(22)24/h3-4,9,11H,2,5-8,10H2,1H3. The summed E-state index contributed by atoms with van der Waals surface area (Å²) in [6.07, 6.45) is 1.49. The molecule has 2 aromatic rings. The molecule has 0 N–H and O–H groups in total. The van der Waals surface area contributed by atoms with Crippen LogP contribution >= 0.6 is 0 Å². The maximum absolute atomic E-state index is 13.4. The molecule has 8 nitrogen and oxygen atoms in total. The van der Waals surface area contributed by atoms with Gasteiger partial charge in [-0.15, -0.1) is 0 Å². The first-order valence-electron chi connectivity index (χ1n) is 8.25. The number of fused-ring (bicyclic) bond motifs is 1. The Labute approximate surface area is 148 Å². The number of benzene rings is 1. The Morgan fingerprint density at radius 1 is 1.19 bits per heavy atom. The van der Waals surface area contributed by atoms with Gasteiger partial charge < -0.3 is 14.5 Å². The average molecular weight is 362 g/mol. The van der Waals surface area contributed by atoms with Gasteiger partial charge in [0.15, 0.2) is 0 Å². The molecular weight excluding hydrogens is 343 g/mol. The first-order chi connectivity index (χ1) is 12.5. The number of ether oxygens (including phenoxy) is 1. The largest absolute Gasteiger partial charge is 0.453 e. The lowest BCUT2D eigenvalue weighted by Crippen LogP contribution is -2.40.